The highest BCUT2D eigenvalue weighted by molar-refractivity contribution is 6.06. The molecule has 4 aromatic rings. The quantitative estimate of drug-likeness (QED) is 0.346. The molecule has 0 radical (unpaired) electrons. The molecule has 0 amide bonds. The number of methoxy groups -OCH3 is 1. The number of aromatic nitrogens is 2. The van der Waals surface area contributed by atoms with Crippen LogP contribution in [-0.2, 0) is 9.53 Å². The van der Waals surface area contributed by atoms with Crippen molar-refractivity contribution in [2.45, 2.75) is 44.8 Å². The number of hydrogen-bond donors (Lipinski definition) is 2. The van der Waals surface area contributed by atoms with Gasteiger partial charge >= 0.3 is 5.97 Å². The third-order valence-electron chi connectivity index (χ3n) is 6.06. The monoisotopic (exact) mass is 476 g/mol. The molecule has 4 rings (SSSR count). The van der Waals surface area contributed by atoms with Crippen LogP contribution in [0.4, 0.5) is 4.39 Å². The number of nitrogens with zero attached hydrogens (tertiary/aromatic N) is 2. The van der Waals surface area contributed by atoms with Gasteiger partial charge in [0.05, 0.1) is 43.1 Å². The van der Waals surface area contributed by atoms with E-state index in [9.17, 15) is 19.4 Å². The fourth-order valence-electron chi connectivity index (χ4n) is 4.47. The van der Waals surface area contributed by atoms with Crippen LogP contribution in [0.15, 0.2) is 60.8 Å². The second-order valence-corrected chi connectivity index (χ2v) is 8.92. The average molecular weight is 477 g/mol. The molecule has 2 heterocycles. The molecular weight excluding hydrogens is 447 g/mol. The van der Waals surface area contributed by atoms with E-state index < -0.39 is 18.2 Å². The van der Waals surface area contributed by atoms with Gasteiger partial charge in [-0.1, -0.05) is 62.4 Å². The number of ether oxygens (including phenoxy) is 1. The summed E-state index contributed by atoms with van der Waals surface area (Å²) in [6.45, 7) is 4.14. The Kier molecular flexibility index (Phi) is 7.28. The van der Waals surface area contributed by atoms with Crippen molar-refractivity contribution in [1.29, 1.82) is 0 Å². The molecule has 2 atom stereocenters. The molecule has 0 bridgehead atoms. The summed E-state index contributed by atoms with van der Waals surface area (Å²) in [5.41, 5.74) is 4.42. The number of fused-ring (bicyclic) bond motifs is 3. The molecule has 0 saturated carbocycles. The first kappa shape index (κ1) is 24.6. The Labute approximate surface area is 203 Å². The Morgan fingerprint density at radius 2 is 1.86 bits per heavy atom. The molecule has 2 aromatic heterocycles. The number of benzene rings is 2. The van der Waals surface area contributed by atoms with Crippen molar-refractivity contribution < 1.29 is 24.1 Å². The number of aliphatic hydroxyl groups excluding tert-OH is 2. The smallest absolute Gasteiger partial charge is 0.308 e. The largest absolute Gasteiger partial charge is 0.469 e. The zero-order valence-corrected chi connectivity index (χ0v) is 20.0. The van der Waals surface area contributed by atoms with Gasteiger partial charge in [0.15, 0.2) is 0 Å². The molecule has 0 fully saturated rings. The van der Waals surface area contributed by atoms with Gasteiger partial charge in [0, 0.05) is 28.3 Å². The van der Waals surface area contributed by atoms with Gasteiger partial charge in [-0.2, -0.15) is 5.10 Å². The Hall–Kier alpha value is -3.55. The highest BCUT2D eigenvalue weighted by atomic mass is 19.1. The molecular formula is C28H29FN2O4. The van der Waals surface area contributed by atoms with E-state index in [2.05, 4.69) is 18.6 Å². The summed E-state index contributed by atoms with van der Waals surface area (Å²) in [4.78, 5) is 11.4. The summed E-state index contributed by atoms with van der Waals surface area (Å²) < 4.78 is 20.3. The summed E-state index contributed by atoms with van der Waals surface area (Å²) in [5, 5.41) is 27.4. The number of esters is 1. The first-order chi connectivity index (χ1) is 16.8. The Balaban J connectivity index is 1.88. The number of halogens is 1. The van der Waals surface area contributed by atoms with Gasteiger partial charge in [0.25, 0.3) is 0 Å². The van der Waals surface area contributed by atoms with Gasteiger partial charge in [-0.3, -0.25) is 4.79 Å². The summed E-state index contributed by atoms with van der Waals surface area (Å²) in [6.07, 6.45) is 3.05. The van der Waals surface area contributed by atoms with Gasteiger partial charge < -0.3 is 14.9 Å². The van der Waals surface area contributed by atoms with E-state index >= 15 is 0 Å². The van der Waals surface area contributed by atoms with Crippen molar-refractivity contribution in [1.82, 2.24) is 9.61 Å². The lowest BCUT2D eigenvalue weighted by Crippen LogP contribution is -2.20. The number of hydrogen-bond acceptors (Lipinski definition) is 5. The number of aliphatic hydroxyl groups is 2. The lowest BCUT2D eigenvalue weighted by Gasteiger charge is -2.12. The summed E-state index contributed by atoms with van der Waals surface area (Å²) in [6, 6.07) is 14.3. The maximum atomic E-state index is 13.8. The summed E-state index contributed by atoms with van der Waals surface area (Å²) in [7, 11) is 1.26. The third kappa shape index (κ3) is 5.11. The van der Waals surface area contributed by atoms with Crippen LogP contribution in [-0.4, -0.2) is 45.1 Å². The van der Waals surface area contributed by atoms with Crippen molar-refractivity contribution in [3.05, 3.63) is 77.9 Å². The van der Waals surface area contributed by atoms with E-state index in [1.165, 1.54) is 19.2 Å². The minimum Gasteiger partial charge on any atom is -0.469 e. The topological polar surface area (TPSA) is 84.1 Å². The van der Waals surface area contributed by atoms with Crippen LogP contribution in [0.5, 0.6) is 0 Å². The van der Waals surface area contributed by atoms with E-state index in [4.69, 9.17) is 5.10 Å². The Morgan fingerprint density at radius 1 is 1.14 bits per heavy atom. The summed E-state index contributed by atoms with van der Waals surface area (Å²) in [5.74, 6) is -0.769. The van der Waals surface area contributed by atoms with Gasteiger partial charge in [-0.25, -0.2) is 8.91 Å². The lowest BCUT2D eigenvalue weighted by molar-refractivity contribution is -0.143. The van der Waals surface area contributed by atoms with Crippen molar-refractivity contribution >= 4 is 28.3 Å². The molecule has 0 aliphatic heterocycles. The standard InChI is InChI=1S/C28H29FN2O4/c1-17(2)27-24(13-12-21(32)14-22(33)15-25(34)35-3)26(18-8-10-20(29)11-9-18)28-23-7-5-4-6-19(23)16-30-31(27)28/h4-13,16-17,21-22,32-33H,14-15H2,1-3H3. The summed E-state index contributed by atoms with van der Waals surface area (Å²) >= 11 is 0. The van der Waals surface area contributed by atoms with Crippen molar-refractivity contribution in [2.24, 2.45) is 0 Å². The van der Waals surface area contributed by atoms with Crippen LogP contribution in [0.2, 0.25) is 0 Å². The van der Waals surface area contributed by atoms with E-state index in [0.717, 1.165) is 38.7 Å². The molecule has 0 aliphatic carbocycles. The molecule has 7 heteroatoms. The van der Waals surface area contributed by atoms with Gasteiger partial charge in [-0.05, 0) is 23.6 Å². The number of rotatable bonds is 8. The predicted octanol–water partition coefficient (Wildman–Crippen LogP) is 5.11. The van der Waals surface area contributed by atoms with Crippen molar-refractivity contribution in [3.8, 4) is 11.1 Å². The predicted molar refractivity (Wildman–Crippen MR) is 134 cm³/mol. The van der Waals surface area contributed by atoms with Gasteiger partial charge in [0.2, 0.25) is 0 Å². The number of carbonyl (C=O) groups excluding carboxylic acids is 1. The Bertz CT molecular complexity index is 1380. The minimum atomic E-state index is -1.03. The molecule has 0 saturated heterocycles. The first-order valence-corrected chi connectivity index (χ1v) is 11.6. The maximum absolute atomic E-state index is 13.8. The van der Waals surface area contributed by atoms with E-state index in [1.807, 2.05) is 41.1 Å². The van der Waals surface area contributed by atoms with Crippen LogP contribution >= 0.6 is 0 Å². The minimum absolute atomic E-state index is 0.0109. The van der Waals surface area contributed by atoms with Crippen LogP contribution in [0.1, 0.15) is 43.9 Å². The van der Waals surface area contributed by atoms with Crippen LogP contribution in [0, 0.1) is 5.82 Å². The normalized spacial score (nSPS) is 13.7. The second-order valence-electron chi connectivity index (χ2n) is 8.92. The maximum Gasteiger partial charge on any atom is 0.308 e. The van der Waals surface area contributed by atoms with Crippen LogP contribution in [0.3, 0.4) is 0 Å². The third-order valence-corrected chi connectivity index (χ3v) is 6.06. The van der Waals surface area contributed by atoms with Gasteiger partial charge in [-0.15, -0.1) is 0 Å². The van der Waals surface area contributed by atoms with E-state index in [-0.39, 0.29) is 24.6 Å². The average Bonchev–Trinajstić information content (AvgIpc) is 3.18. The molecule has 35 heavy (non-hydrogen) atoms. The van der Waals surface area contributed by atoms with Crippen molar-refractivity contribution in [3.63, 3.8) is 0 Å². The zero-order chi connectivity index (χ0) is 25.1. The van der Waals surface area contributed by atoms with Crippen LogP contribution < -0.4 is 0 Å². The Morgan fingerprint density at radius 3 is 2.54 bits per heavy atom. The number of carbonyl (C=O) groups is 1. The highest BCUT2D eigenvalue weighted by Crippen LogP contribution is 2.40. The van der Waals surface area contributed by atoms with E-state index in [0.29, 0.717) is 0 Å². The van der Waals surface area contributed by atoms with Crippen LogP contribution in [0.25, 0.3) is 33.5 Å². The fraction of sp³-hybridized carbons (Fsp3) is 0.286. The van der Waals surface area contributed by atoms with Crippen molar-refractivity contribution in [2.75, 3.05) is 7.11 Å². The van der Waals surface area contributed by atoms with Gasteiger partial charge in [0.1, 0.15) is 5.82 Å². The molecule has 6 nitrogen and oxygen atoms in total. The zero-order valence-electron chi connectivity index (χ0n) is 20.0. The molecule has 2 unspecified atom stereocenters. The SMILES string of the molecule is COC(=O)CC(O)CC(O)C=Cc1c(-c2ccc(F)cc2)c2c3ccccc3cnn2c1C(C)C. The molecule has 2 N–H and O–H groups in total. The molecule has 182 valence electrons. The molecule has 0 spiro atoms. The lowest BCUT2D eigenvalue weighted by atomic mass is 9.95. The fourth-order valence-corrected chi connectivity index (χ4v) is 4.47. The van der Waals surface area contributed by atoms with E-state index in [1.54, 1.807) is 18.2 Å². The molecule has 0 aliphatic rings. The second kappa shape index (κ2) is 10.4. The first-order valence-electron chi connectivity index (χ1n) is 11.6. The molecule has 2 aromatic carbocycles. The highest BCUT2D eigenvalue weighted by Gasteiger charge is 2.23.